The van der Waals surface area contributed by atoms with E-state index in [-0.39, 0.29) is 11.8 Å². The third kappa shape index (κ3) is 4.13. The van der Waals surface area contributed by atoms with Crippen molar-refractivity contribution < 1.29 is 9.53 Å². The topological polar surface area (TPSA) is 29.5 Å². The molecule has 0 heterocycles. The van der Waals surface area contributed by atoms with Crippen LogP contribution >= 0.6 is 11.6 Å². The van der Waals surface area contributed by atoms with Crippen LogP contribution in [0.3, 0.4) is 0 Å². The van der Waals surface area contributed by atoms with E-state index in [1.807, 2.05) is 32.0 Å². The standard InChI is InChI=1S/C15H22ClNO2/c1-4-6-10-19-13-9-7-8-12(3)15(13)17(5-2)14(18)11-16/h7-9H,4-6,10-11H2,1-3H3. The number of nitrogens with zero attached hydrogens (tertiary/aromatic N) is 1. The average Bonchev–Trinajstić information content (AvgIpc) is 2.42. The first-order valence-electron chi connectivity index (χ1n) is 6.74. The number of aryl methyl sites for hydroxylation is 1. The van der Waals surface area contributed by atoms with E-state index in [2.05, 4.69) is 6.92 Å². The number of anilines is 1. The number of rotatable bonds is 7. The number of halogens is 1. The Labute approximate surface area is 120 Å². The van der Waals surface area contributed by atoms with Crippen molar-refractivity contribution in [3.63, 3.8) is 0 Å². The van der Waals surface area contributed by atoms with Crippen LogP contribution in [0.15, 0.2) is 18.2 Å². The number of carbonyl (C=O) groups excluding carboxylic acids is 1. The van der Waals surface area contributed by atoms with E-state index in [1.54, 1.807) is 4.90 Å². The molecular weight excluding hydrogens is 262 g/mol. The number of ether oxygens (including phenoxy) is 1. The normalized spacial score (nSPS) is 10.3. The molecule has 106 valence electrons. The van der Waals surface area contributed by atoms with Gasteiger partial charge in [-0.3, -0.25) is 4.79 Å². The molecule has 3 nitrogen and oxygen atoms in total. The molecule has 1 aromatic carbocycles. The monoisotopic (exact) mass is 283 g/mol. The molecule has 0 saturated heterocycles. The molecule has 1 aromatic rings. The van der Waals surface area contributed by atoms with E-state index >= 15 is 0 Å². The summed E-state index contributed by atoms with van der Waals surface area (Å²) in [4.78, 5) is 13.6. The van der Waals surface area contributed by atoms with E-state index in [9.17, 15) is 4.79 Å². The van der Waals surface area contributed by atoms with Crippen LogP contribution in [0.4, 0.5) is 5.69 Å². The Morgan fingerprint density at radius 2 is 2.11 bits per heavy atom. The zero-order valence-electron chi connectivity index (χ0n) is 11.9. The van der Waals surface area contributed by atoms with Crippen molar-refractivity contribution >= 4 is 23.2 Å². The summed E-state index contributed by atoms with van der Waals surface area (Å²) in [5.41, 5.74) is 1.86. The van der Waals surface area contributed by atoms with Gasteiger partial charge in [0.25, 0.3) is 0 Å². The Kier molecular flexibility index (Phi) is 6.71. The molecule has 0 N–H and O–H groups in total. The minimum absolute atomic E-state index is 0.0173. The van der Waals surface area contributed by atoms with E-state index in [0.29, 0.717) is 13.2 Å². The van der Waals surface area contributed by atoms with Crippen LogP contribution in [-0.2, 0) is 4.79 Å². The van der Waals surface area contributed by atoms with Crippen molar-refractivity contribution in [1.82, 2.24) is 0 Å². The summed E-state index contributed by atoms with van der Waals surface area (Å²) in [5, 5.41) is 0. The summed E-state index contributed by atoms with van der Waals surface area (Å²) < 4.78 is 5.80. The van der Waals surface area contributed by atoms with Gasteiger partial charge in [0.15, 0.2) is 0 Å². The van der Waals surface area contributed by atoms with Crippen molar-refractivity contribution in [1.29, 1.82) is 0 Å². The molecule has 0 fully saturated rings. The second-order valence-corrected chi connectivity index (χ2v) is 4.66. The van der Waals surface area contributed by atoms with Gasteiger partial charge in [0.2, 0.25) is 5.91 Å². The molecule has 0 aliphatic carbocycles. The summed E-state index contributed by atoms with van der Waals surface area (Å²) in [6, 6.07) is 5.83. The SMILES string of the molecule is CCCCOc1cccc(C)c1N(CC)C(=O)CCl. The molecule has 0 radical (unpaired) electrons. The van der Waals surface area contributed by atoms with Crippen molar-refractivity contribution in [2.45, 2.75) is 33.6 Å². The lowest BCUT2D eigenvalue weighted by molar-refractivity contribution is -0.116. The molecular formula is C15H22ClNO2. The van der Waals surface area contributed by atoms with Gasteiger partial charge in [0.05, 0.1) is 12.3 Å². The van der Waals surface area contributed by atoms with Crippen molar-refractivity contribution in [3.05, 3.63) is 23.8 Å². The summed E-state index contributed by atoms with van der Waals surface area (Å²) in [6.07, 6.45) is 2.09. The Balaban J connectivity index is 3.04. The summed E-state index contributed by atoms with van der Waals surface area (Å²) in [5.74, 6) is 0.643. The number of para-hydroxylation sites is 1. The van der Waals surface area contributed by atoms with Crippen LogP contribution in [0.2, 0.25) is 0 Å². The van der Waals surface area contributed by atoms with E-state index < -0.39 is 0 Å². The molecule has 1 rings (SSSR count). The van der Waals surface area contributed by atoms with Gasteiger partial charge in [-0.05, 0) is 31.9 Å². The molecule has 0 bridgehead atoms. The third-order valence-corrected chi connectivity index (χ3v) is 3.19. The minimum Gasteiger partial charge on any atom is -0.491 e. The maximum atomic E-state index is 11.9. The number of unbranched alkanes of at least 4 members (excludes halogenated alkanes) is 1. The first kappa shape index (κ1) is 15.8. The highest BCUT2D eigenvalue weighted by Crippen LogP contribution is 2.32. The van der Waals surface area contributed by atoms with E-state index in [4.69, 9.17) is 16.3 Å². The molecule has 0 atom stereocenters. The Morgan fingerprint density at radius 3 is 2.68 bits per heavy atom. The molecule has 19 heavy (non-hydrogen) atoms. The van der Waals surface area contributed by atoms with Crippen LogP contribution in [0.1, 0.15) is 32.3 Å². The van der Waals surface area contributed by atoms with Gasteiger partial charge in [-0.15, -0.1) is 11.6 Å². The zero-order valence-corrected chi connectivity index (χ0v) is 12.7. The lowest BCUT2D eigenvalue weighted by Crippen LogP contribution is -2.32. The molecule has 0 aliphatic heterocycles. The first-order chi connectivity index (χ1) is 9.15. The van der Waals surface area contributed by atoms with Gasteiger partial charge in [-0.1, -0.05) is 25.5 Å². The zero-order chi connectivity index (χ0) is 14.3. The van der Waals surface area contributed by atoms with E-state index in [0.717, 1.165) is 29.8 Å². The first-order valence-corrected chi connectivity index (χ1v) is 7.27. The van der Waals surface area contributed by atoms with Crippen LogP contribution in [0.5, 0.6) is 5.75 Å². The smallest absolute Gasteiger partial charge is 0.242 e. The average molecular weight is 284 g/mol. The summed E-state index contributed by atoms with van der Waals surface area (Å²) in [6.45, 7) is 7.29. The Hall–Kier alpha value is -1.22. The number of benzene rings is 1. The Bertz CT molecular complexity index is 421. The van der Waals surface area contributed by atoms with Gasteiger partial charge < -0.3 is 9.64 Å². The van der Waals surface area contributed by atoms with Crippen LogP contribution < -0.4 is 9.64 Å². The second kappa shape index (κ2) is 8.05. The van der Waals surface area contributed by atoms with Crippen molar-refractivity contribution in [2.24, 2.45) is 0 Å². The molecule has 0 saturated carbocycles. The van der Waals surface area contributed by atoms with Gasteiger partial charge in [0.1, 0.15) is 11.6 Å². The van der Waals surface area contributed by atoms with Crippen molar-refractivity contribution in [3.8, 4) is 5.75 Å². The minimum atomic E-state index is -0.0983. The van der Waals surface area contributed by atoms with Gasteiger partial charge in [0, 0.05) is 6.54 Å². The van der Waals surface area contributed by atoms with Crippen LogP contribution in [0, 0.1) is 6.92 Å². The summed E-state index contributed by atoms with van der Waals surface area (Å²) >= 11 is 5.67. The fourth-order valence-corrected chi connectivity index (χ4v) is 2.10. The van der Waals surface area contributed by atoms with Crippen LogP contribution in [0.25, 0.3) is 0 Å². The quantitative estimate of drug-likeness (QED) is 0.563. The van der Waals surface area contributed by atoms with Crippen LogP contribution in [-0.4, -0.2) is 24.9 Å². The van der Waals surface area contributed by atoms with Gasteiger partial charge >= 0.3 is 0 Å². The molecule has 0 aliphatic rings. The fraction of sp³-hybridized carbons (Fsp3) is 0.533. The highest BCUT2D eigenvalue weighted by molar-refractivity contribution is 6.29. The maximum Gasteiger partial charge on any atom is 0.242 e. The molecule has 1 amide bonds. The lowest BCUT2D eigenvalue weighted by Gasteiger charge is -2.25. The number of hydrogen-bond acceptors (Lipinski definition) is 2. The number of hydrogen-bond donors (Lipinski definition) is 0. The lowest BCUT2D eigenvalue weighted by atomic mass is 10.1. The Morgan fingerprint density at radius 1 is 1.37 bits per heavy atom. The molecule has 4 heteroatoms. The fourth-order valence-electron chi connectivity index (χ4n) is 1.95. The van der Waals surface area contributed by atoms with E-state index in [1.165, 1.54) is 0 Å². The molecule has 0 unspecified atom stereocenters. The highest BCUT2D eigenvalue weighted by Gasteiger charge is 2.19. The number of carbonyl (C=O) groups is 1. The van der Waals surface area contributed by atoms with Gasteiger partial charge in [-0.25, -0.2) is 0 Å². The largest absolute Gasteiger partial charge is 0.491 e. The number of alkyl halides is 1. The molecule has 0 spiro atoms. The number of amides is 1. The van der Waals surface area contributed by atoms with Gasteiger partial charge in [-0.2, -0.15) is 0 Å². The predicted octanol–water partition coefficient (Wildman–Crippen LogP) is 3.77. The van der Waals surface area contributed by atoms with Crippen molar-refractivity contribution in [2.75, 3.05) is 23.9 Å². The third-order valence-electron chi connectivity index (χ3n) is 2.96. The highest BCUT2D eigenvalue weighted by atomic mass is 35.5. The maximum absolute atomic E-state index is 11.9. The summed E-state index contributed by atoms with van der Waals surface area (Å²) in [7, 11) is 0. The molecule has 0 aromatic heterocycles. The second-order valence-electron chi connectivity index (χ2n) is 4.40. The predicted molar refractivity (Wildman–Crippen MR) is 80.3 cm³/mol.